The second-order valence-corrected chi connectivity index (χ2v) is 3.46. The Morgan fingerprint density at radius 1 is 1.44 bits per heavy atom. The Morgan fingerprint density at radius 3 is 2.50 bits per heavy atom. The van der Waals surface area contributed by atoms with Crippen LogP contribution in [0.4, 0.5) is 4.39 Å². The van der Waals surface area contributed by atoms with Gasteiger partial charge in [0.2, 0.25) is 5.67 Å². The average molecular weight is 248 g/mol. The van der Waals surface area contributed by atoms with Gasteiger partial charge in [0, 0.05) is 6.54 Å². The fourth-order valence-electron chi connectivity index (χ4n) is 0.957. The predicted octanol–water partition coefficient (Wildman–Crippen LogP) is 1.84. The molecule has 2 N–H and O–H groups in total. The van der Waals surface area contributed by atoms with Gasteiger partial charge in [-0.1, -0.05) is 30.3 Å². The molecule has 0 saturated carbocycles. The fourth-order valence-corrected chi connectivity index (χ4v) is 0.957. The number of rotatable bonds is 4. The third-order valence-corrected chi connectivity index (χ3v) is 2.02. The quantitative estimate of drug-likeness (QED) is 0.826. The molecule has 1 aromatic carbocycles. The van der Waals surface area contributed by atoms with Gasteiger partial charge in [-0.15, -0.1) is 12.4 Å². The third kappa shape index (κ3) is 4.16. The van der Waals surface area contributed by atoms with Crippen molar-refractivity contribution in [3.63, 3.8) is 0 Å². The highest BCUT2D eigenvalue weighted by Gasteiger charge is 2.32. The SMILES string of the molecule is CC(F)(CN)C(=O)OCc1ccccc1.Cl. The molecule has 90 valence electrons. The van der Waals surface area contributed by atoms with Gasteiger partial charge in [-0.25, -0.2) is 9.18 Å². The molecule has 1 aromatic rings. The number of benzene rings is 1. The van der Waals surface area contributed by atoms with Crippen LogP contribution in [-0.4, -0.2) is 18.2 Å². The van der Waals surface area contributed by atoms with E-state index in [2.05, 4.69) is 0 Å². The van der Waals surface area contributed by atoms with Crippen molar-refractivity contribution in [2.75, 3.05) is 6.54 Å². The molecule has 0 aliphatic rings. The lowest BCUT2D eigenvalue weighted by Crippen LogP contribution is -2.39. The zero-order valence-corrected chi connectivity index (χ0v) is 9.80. The highest BCUT2D eigenvalue weighted by Crippen LogP contribution is 2.11. The standard InChI is InChI=1S/C11H14FNO2.ClH/c1-11(12,8-13)10(14)15-7-9-5-3-2-4-6-9;/h2-6H,7-8,13H2,1H3;1H. The minimum Gasteiger partial charge on any atom is -0.458 e. The van der Waals surface area contributed by atoms with Crippen LogP contribution in [0.25, 0.3) is 0 Å². The summed E-state index contributed by atoms with van der Waals surface area (Å²) < 4.78 is 18.1. The summed E-state index contributed by atoms with van der Waals surface area (Å²) >= 11 is 0. The lowest BCUT2D eigenvalue weighted by molar-refractivity contribution is -0.157. The van der Waals surface area contributed by atoms with Crippen LogP contribution >= 0.6 is 12.4 Å². The number of hydrogen-bond acceptors (Lipinski definition) is 3. The largest absolute Gasteiger partial charge is 0.458 e. The van der Waals surface area contributed by atoms with Crippen LogP contribution in [-0.2, 0) is 16.1 Å². The Labute approximate surface area is 100 Å². The molecule has 0 radical (unpaired) electrons. The smallest absolute Gasteiger partial charge is 0.345 e. The molecule has 0 fully saturated rings. The molecule has 5 heteroatoms. The molecule has 1 unspecified atom stereocenters. The first-order valence-electron chi connectivity index (χ1n) is 4.66. The van der Waals surface area contributed by atoms with Crippen LogP contribution in [0.2, 0.25) is 0 Å². The number of hydrogen-bond donors (Lipinski definition) is 1. The zero-order valence-electron chi connectivity index (χ0n) is 8.98. The van der Waals surface area contributed by atoms with E-state index < -0.39 is 11.6 Å². The molecule has 3 nitrogen and oxygen atoms in total. The summed E-state index contributed by atoms with van der Waals surface area (Å²) in [7, 11) is 0. The topological polar surface area (TPSA) is 52.3 Å². The van der Waals surface area contributed by atoms with Crippen molar-refractivity contribution >= 4 is 18.4 Å². The summed E-state index contributed by atoms with van der Waals surface area (Å²) in [5, 5.41) is 0. The number of halogens is 2. The number of ether oxygens (including phenoxy) is 1. The van der Waals surface area contributed by atoms with Crippen molar-refractivity contribution in [2.45, 2.75) is 19.2 Å². The molecule has 1 rings (SSSR count). The second-order valence-electron chi connectivity index (χ2n) is 3.46. The van der Waals surface area contributed by atoms with E-state index in [4.69, 9.17) is 10.5 Å². The Balaban J connectivity index is 0.00000225. The van der Waals surface area contributed by atoms with Crippen LogP contribution < -0.4 is 5.73 Å². The van der Waals surface area contributed by atoms with Gasteiger partial charge in [0.25, 0.3) is 0 Å². The predicted molar refractivity (Wildman–Crippen MR) is 62.1 cm³/mol. The van der Waals surface area contributed by atoms with E-state index >= 15 is 0 Å². The molecule has 16 heavy (non-hydrogen) atoms. The molecular weight excluding hydrogens is 233 g/mol. The first-order chi connectivity index (χ1) is 7.06. The van der Waals surface area contributed by atoms with Gasteiger partial charge in [-0.05, 0) is 12.5 Å². The van der Waals surface area contributed by atoms with Gasteiger partial charge in [-0.3, -0.25) is 0 Å². The maximum absolute atomic E-state index is 13.3. The van der Waals surface area contributed by atoms with E-state index in [1.54, 1.807) is 12.1 Å². The first kappa shape index (κ1) is 14.9. The lowest BCUT2D eigenvalue weighted by Gasteiger charge is -2.16. The molecular formula is C11H15ClFNO2. The molecule has 1 atom stereocenters. The summed E-state index contributed by atoms with van der Waals surface area (Å²) in [6.07, 6.45) is 0. The van der Waals surface area contributed by atoms with E-state index in [9.17, 15) is 9.18 Å². The Kier molecular flexibility index (Phi) is 6.00. The van der Waals surface area contributed by atoms with Gasteiger partial charge >= 0.3 is 5.97 Å². The van der Waals surface area contributed by atoms with E-state index in [0.29, 0.717) is 0 Å². The van der Waals surface area contributed by atoms with E-state index in [1.165, 1.54) is 0 Å². The van der Waals surface area contributed by atoms with E-state index in [1.807, 2.05) is 18.2 Å². The zero-order chi connectivity index (χ0) is 11.3. The lowest BCUT2D eigenvalue weighted by atomic mass is 10.1. The molecule has 0 aliphatic carbocycles. The highest BCUT2D eigenvalue weighted by molar-refractivity contribution is 5.85. The molecule has 0 spiro atoms. The van der Waals surface area contributed by atoms with Gasteiger partial charge in [0.1, 0.15) is 6.61 Å². The minimum absolute atomic E-state index is 0. The van der Waals surface area contributed by atoms with Crippen LogP contribution in [0.15, 0.2) is 30.3 Å². The minimum atomic E-state index is -2.10. The average Bonchev–Trinajstić information content (AvgIpc) is 2.27. The van der Waals surface area contributed by atoms with Crippen LogP contribution in [0, 0.1) is 0 Å². The van der Waals surface area contributed by atoms with Crippen molar-refractivity contribution < 1.29 is 13.9 Å². The first-order valence-corrected chi connectivity index (χ1v) is 4.66. The molecule has 0 bridgehead atoms. The van der Waals surface area contributed by atoms with Crippen molar-refractivity contribution in [3.05, 3.63) is 35.9 Å². The number of esters is 1. The number of carbonyl (C=O) groups is 1. The Hall–Kier alpha value is -1.13. The molecule has 0 aliphatic heterocycles. The van der Waals surface area contributed by atoms with Crippen molar-refractivity contribution in [1.29, 1.82) is 0 Å². The molecule has 0 heterocycles. The molecule has 0 saturated heterocycles. The van der Waals surface area contributed by atoms with E-state index in [-0.39, 0.29) is 25.6 Å². The monoisotopic (exact) mass is 247 g/mol. The van der Waals surface area contributed by atoms with Gasteiger partial charge < -0.3 is 10.5 Å². The number of nitrogens with two attached hydrogens (primary N) is 1. The number of carbonyl (C=O) groups excluding carboxylic acids is 1. The van der Waals surface area contributed by atoms with Crippen molar-refractivity contribution in [1.82, 2.24) is 0 Å². The summed E-state index contributed by atoms with van der Waals surface area (Å²) in [5.41, 5.74) is 3.82. The highest BCUT2D eigenvalue weighted by atomic mass is 35.5. The van der Waals surface area contributed by atoms with Crippen LogP contribution in [0.1, 0.15) is 12.5 Å². The Morgan fingerprint density at radius 2 is 2.00 bits per heavy atom. The number of alkyl halides is 1. The Bertz CT molecular complexity index is 330. The van der Waals surface area contributed by atoms with Gasteiger partial charge in [0.05, 0.1) is 0 Å². The normalized spacial score (nSPS) is 13.4. The maximum Gasteiger partial charge on any atom is 0.345 e. The van der Waals surface area contributed by atoms with Crippen LogP contribution in [0.5, 0.6) is 0 Å². The summed E-state index contributed by atoms with van der Waals surface area (Å²) in [6.45, 7) is 0.806. The summed E-state index contributed by atoms with van der Waals surface area (Å²) in [5.74, 6) is -0.922. The van der Waals surface area contributed by atoms with Crippen molar-refractivity contribution in [2.24, 2.45) is 5.73 Å². The second kappa shape index (κ2) is 6.45. The molecule has 0 amide bonds. The third-order valence-electron chi connectivity index (χ3n) is 2.02. The summed E-state index contributed by atoms with van der Waals surface area (Å²) in [6, 6.07) is 9.09. The molecule has 0 aromatic heterocycles. The van der Waals surface area contributed by atoms with Gasteiger partial charge in [0.15, 0.2) is 0 Å². The summed E-state index contributed by atoms with van der Waals surface area (Å²) in [4.78, 5) is 11.2. The van der Waals surface area contributed by atoms with Gasteiger partial charge in [-0.2, -0.15) is 0 Å². The van der Waals surface area contributed by atoms with Crippen molar-refractivity contribution in [3.8, 4) is 0 Å². The van der Waals surface area contributed by atoms with Crippen LogP contribution in [0.3, 0.4) is 0 Å². The maximum atomic E-state index is 13.3. The fraction of sp³-hybridized carbons (Fsp3) is 0.364. The van der Waals surface area contributed by atoms with E-state index in [0.717, 1.165) is 12.5 Å².